The molecule has 0 aromatic heterocycles. The monoisotopic (exact) mass is 395 g/mol. The van der Waals surface area contributed by atoms with Crippen molar-refractivity contribution in [3.8, 4) is 11.5 Å². The van der Waals surface area contributed by atoms with Gasteiger partial charge in [0.15, 0.2) is 18.1 Å². The highest BCUT2D eigenvalue weighted by Gasteiger charge is 2.18. The van der Waals surface area contributed by atoms with Crippen molar-refractivity contribution < 1.29 is 28.2 Å². The van der Waals surface area contributed by atoms with Crippen LogP contribution in [0.2, 0.25) is 5.02 Å². The molecular weight excluding hydrogens is 377 g/mol. The van der Waals surface area contributed by atoms with Crippen molar-refractivity contribution in [1.82, 2.24) is 4.90 Å². The van der Waals surface area contributed by atoms with Crippen LogP contribution < -0.4 is 9.47 Å². The van der Waals surface area contributed by atoms with Crippen LogP contribution in [0.25, 0.3) is 0 Å². The van der Waals surface area contributed by atoms with Crippen molar-refractivity contribution in [2.24, 2.45) is 0 Å². The maximum absolute atomic E-state index is 13.2. The van der Waals surface area contributed by atoms with Gasteiger partial charge in [0.25, 0.3) is 5.91 Å². The molecule has 8 heteroatoms. The summed E-state index contributed by atoms with van der Waals surface area (Å²) in [6.45, 7) is -0.271. The number of nitrogens with zero attached hydrogens (tertiary/aromatic N) is 1. The van der Waals surface area contributed by atoms with Gasteiger partial charge in [0.05, 0.1) is 24.8 Å². The third-order valence-corrected chi connectivity index (χ3v) is 4.01. The minimum absolute atomic E-state index is 0.123. The van der Waals surface area contributed by atoms with Crippen molar-refractivity contribution in [2.45, 2.75) is 6.54 Å². The number of carbonyl (C=O) groups excluding carboxylic acids is 2. The lowest BCUT2D eigenvalue weighted by atomic mass is 10.2. The van der Waals surface area contributed by atoms with E-state index in [0.717, 1.165) is 0 Å². The fraction of sp³-hybridized carbons (Fsp3) is 0.263. The van der Waals surface area contributed by atoms with Crippen LogP contribution in [-0.4, -0.2) is 44.7 Å². The molecule has 0 aliphatic carbocycles. The number of methoxy groups -OCH3 is 2. The predicted octanol–water partition coefficient (Wildman–Crippen LogP) is 3.31. The van der Waals surface area contributed by atoms with E-state index in [-0.39, 0.29) is 28.7 Å². The zero-order chi connectivity index (χ0) is 20.0. The first-order valence-corrected chi connectivity index (χ1v) is 8.30. The first-order valence-electron chi connectivity index (χ1n) is 7.92. The summed E-state index contributed by atoms with van der Waals surface area (Å²) in [5, 5.41) is 0.179. The normalized spacial score (nSPS) is 10.3. The summed E-state index contributed by atoms with van der Waals surface area (Å²) in [6.07, 6.45) is 0. The van der Waals surface area contributed by atoms with Crippen LogP contribution in [0.5, 0.6) is 11.5 Å². The number of rotatable bonds is 7. The van der Waals surface area contributed by atoms with Gasteiger partial charge in [-0.3, -0.25) is 4.79 Å². The molecule has 0 radical (unpaired) electrons. The number of halogens is 2. The Morgan fingerprint density at radius 3 is 2.52 bits per heavy atom. The van der Waals surface area contributed by atoms with E-state index in [4.69, 9.17) is 25.8 Å². The van der Waals surface area contributed by atoms with Crippen molar-refractivity contribution in [3.05, 3.63) is 58.4 Å². The Morgan fingerprint density at radius 2 is 1.89 bits per heavy atom. The topological polar surface area (TPSA) is 65.1 Å². The molecule has 0 saturated carbocycles. The summed E-state index contributed by atoms with van der Waals surface area (Å²) in [5.41, 5.74) is 0.752. The second kappa shape index (κ2) is 9.23. The number of esters is 1. The summed E-state index contributed by atoms with van der Waals surface area (Å²) in [7, 11) is 4.37. The van der Waals surface area contributed by atoms with Crippen molar-refractivity contribution in [2.75, 3.05) is 27.9 Å². The molecule has 2 aromatic carbocycles. The van der Waals surface area contributed by atoms with Crippen LogP contribution in [0.4, 0.5) is 4.39 Å². The lowest BCUT2D eigenvalue weighted by Crippen LogP contribution is -2.30. The number of amides is 1. The largest absolute Gasteiger partial charge is 0.493 e. The number of hydrogen-bond donors (Lipinski definition) is 0. The Hall–Kier alpha value is -2.80. The van der Waals surface area contributed by atoms with E-state index in [0.29, 0.717) is 11.3 Å². The molecule has 0 atom stereocenters. The van der Waals surface area contributed by atoms with Crippen LogP contribution in [0.15, 0.2) is 36.4 Å². The minimum Gasteiger partial charge on any atom is -0.493 e. The molecule has 0 bridgehead atoms. The lowest BCUT2D eigenvalue weighted by Gasteiger charge is -2.17. The minimum atomic E-state index is -0.731. The maximum atomic E-state index is 13.2. The molecule has 0 heterocycles. The maximum Gasteiger partial charge on any atom is 0.338 e. The van der Waals surface area contributed by atoms with Crippen LogP contribution in [-0.2, 0) is 16.1 Å². The first-order chi connectivity index (χ1) is 12.8. The Morgan fingerprint density at radius 1 is 1.15 bits per heavy atom. The SMILES string of the molecule is COc1cc(C(=O)OCC(=O)N(C)Cc2cccc(F)c2)cc(Cl)c1OC. The Balaban J connectivity index is 1.98. The average Bonchev–Trinajstić information content (AvgIpc) is 2.64. The zero-order valence-electron chi connectivity index (χ0n) is 15.1. The predicted molar refractivity (Wildman–Crippen MR) is 97.7 cm³/mol. The van der Waals surface area contributed by atoms with Gasteiger partial charge in [-0.2, -0.15) is 0 Å². The van der Waals surface area contributed by atoms with Crippen molar-refractivity contribution in [3.63, 3.8) is 0 Å². The Labute approximate surface area is 161 Å². The van der Waals surface area contributed by atoms with Gasteiger partial charge in [0.2, 0.25) is 0 Å². The highest BCUT2D eigenvalue weighted by Crippen LogP contribution is 2.36. The molecule has 144 valence electrons. The van der Waals surface area contributed by atoms with Gasteiger partial charge in [0, 0.05) is 13.6 Å². The summed E-state index contributed by atoms with van der Waals surface area (Å²) in [4.78, 5) is 25.7. The Kier molecular flexibility index (Phi) is 7.01. The van der Waals surface area contributed by atoms with Crippen molar-refractivity contribution in [1.29, 1.82) is 0 Å². The van der Waals surface area contributed by atoms with Crippen LogP contribution >= 0.6 is 11.6 Å². The molecule has 1 amide bonds. The summed E-state index contributed by atoms with van der Waals surface area (Å²) in [6, 6.07) is 8.69. The van der Waals surface area contributed by atoms with Gasteiger partial charge < -0.3 is 19.1 Å². The molecule has 2 aromatic rings. The fourth-order valence-electron chi connectivity index (χ4n) is 2.35. The van der Waals surface area contributed by atoms with E-state index in [1.807, 2.05) is 0 Å². The molecule has 0 aliphatic rings. The van der Waals surface area contributed by atoms with Gasteiger partial charge in [-0.05, 0) is 29.8 Å². The van der Waals surface area contributed by atoms with E-state index in [9.17, 15) is 14.0 Å². The number of hydrogen-bond acceptors (Lipinski definition) is 5. The van der Waals surface area contributed by atoms with Crippen molar-refractivity contribution >= 4 is 23.5 Å². The highest BCUT2D eigenvalue weighted by atomic mass is 35.5. The quantitative estimate of drug-likeness (QED) is 0.673. The first kappa shape index (κ1) is 20.5. The molecule has 0 fully saturated rings. The molecule has 6 nitrogen and oxygen atoms in total. The lowest BCUT2D eigenvalue weighted by molar-refractivity contribution is -0.133. The second-order valence-electron chi connectivity index (χ2n) is 5.65. The molecular formula is C19H19ClFNO5. The molecule has 0 N–H and O–H groups in total. The van der Waals surface area contributed by atoms with E-state index < -0.39 is 18.5 Å². The summed E-state index contributed by atoms with van der Waals surface area (Å²) in [5.74, 6) is -0.984. The van der Waals surface area contributed by atoms with Gasteiger partial charge in [0.1, 0.15) is 5.82 Å². The van der Waals surface area contributed by atoms with Gasteiger partial charge >= 0.3 is 5.97 Å². The van der Waals surface area contributed by atoms with E-state index in [2.05, 4.69) is 0 Å². The molecule has 2 rings (SSSR count). The van der Waals surface area contributed by atoms with Crippen LogP contribution in [0.3, 0.4) is 0 Å². The number of ether oxygens (including phenoxy) is 3. The number of likely N-dealkylation sites (N-methyl/N-ethyl adjacent to an activating group) is 1. The van der Waals surface area contributed by atoms with Gasteiger partial charge in [-0.15, -0.1) is 0 Å². The van der Waals surface area contributed by atoms with Gasteiger partial charge in [-0.25, -0.2) is 9.18 Å². The summed E-state index contributed by atoms with van der Waals surface area (Å²) < 4.78 is 28.5. The molecule has 0 unspecified atom stereocenters. The van der Waals surface area contributed by atoms with E-state index in [1.165, 1.54) is 50.4 Å². The van der Waals surface area contributed by atoms with E-state index in [1.54, 1.807) is 12.1 Å². The van der Waals surface area contributed by atoms with E-state index >= 15 is 0 Å². The van der Waals surface area contributed by atoms with Crippen LogP contribution in [0, 0.1) is 5.82 Å². The molecule has 0 saturated heterocycles. The third kappa shape index (κ3) is 5.34. The average molecular weight is 396 g/mol. The fourth-order valence-corrected chi connectivity index (χ4v) is 2.64. The number of benzene rings is 2. The van der Waals surface area contributed by atoms with Gasteiger partial charge in [-0.1, -0.05) is 23.7 Å². The zero-order valence-corrected chi connectivity index (χ0v) is 15.9. The molecule has 0 spiro atoms. The smallest absolute Gasteiger partial charge is 0.338 e. The standard InChI is InChI=1S/C19H19ClFNO5/c1-22(10-12-5-4-6-14(21)7-12)17(23)11-27-19(24)13-8-15(20)18(26-3)16(9-13)25-2/h4-9H,10-11H2,1-3H3. The molecule has 27 heavy (non-hydrogen) atoms. The molecule has 0 aliphatic heterocycles. The van der Waals surface area contributed by atoms with Crippen LogP contribution in [0.1, 0.15) is 15.9 Å². The highest BCUT2D eigenvalue weighted by molar-refractivity contribution is 6.32. The third-order valence-electron chi connectivity index (χ3n) is 3.73. The second-order valence-corrected chi connectivity index (χ2v) is 6.06. The summed E-state index contributed by atoms with van der Waals surface area (Å²) >= 11 is 6.06. The Bertz CT molecular complexity index is 843. The number of carbonyl (C=O) groups is 2.